The van der Waals surface area contributed by atoms with Crippen LogP contribution in [0, 0.1) is 29.1 Å². The minimum absolute atomic E-state index is 0.0470. The second kappa shape index (κ2) is 9.43. The molecule has 0 aromatic rings. The van der Waals surface area contributed by atoms with Crippen LogP contribution in [0.3, 0.4) is 0 Å². The minimum Gasteiger partial charge on any atom is -0.469 e. The van der Waals surface area contributed by atoms with Crippen LogP contribution in [0.5, 0.6) is 0 Å². The van der Waals surface area contributed by atoms with Crippen molar-refractivity contribution in [3.05, 3.63) is 35.5 Å². The molecule has 3 heteroatoms. The zero-order chi connectivity index (χ0) is 21.1. The third-order valence-electron chi connectivity index (χ3n) is 7.46. The van der Waals surface area contributed by atoms with E-state index in [9.17, 15) is 9.90 Å². The van der Waals surface area contributed by atoms with E-state index in [2.05, 4.69) is 53.3 Å². The van der Waals surface area contributed by atoms with Gasteiger partial charge in [0.2, 0.25) is 0 Å². The van der Waals surface area contributed by atoms with Crippen LogP contribution in [0.1, 0.15) is 73.1 Å². The normalized spacial score (nSPS) is 35.2. The molecule has 0 aliphatic heterocycles. The smallest absolute Gasteiger partial charge is 0.305 e. The van der Waals surface area contributed by atoms with Gasteiger partial charge < -0.3 is 9.84 Å². The standard InChI is InChI=1S/C25H40O3/c1-8-19-21(20(17(4)5)11-9-16(2)3)13-14-25(6)22(19)15-18(24(25)27)10-12-23(26)28-7/h9,11,18-19,21-22,24,27H,4,8,10,12-15H2,1-3,5-7H3/b20-11+/t18-,19+,21-,22-,24-,25-/m0/s1. The van der Waals surface area contributed by atoms with Crippen LogP contribution in [-0.4, -0.2) is 24.3 Å². The average Bonchev–Trinajstić information content (AvgIpc) is 2.90. The fraction of sp³-hybridized carbons (Fsp3) is 0.720. The van der Waals surface area contributed by atoms with Crippen LogP contribution in [-0.2, 0) is 9.53 Å². The Morgan fingerprint density at radius 2 is 1.96 bits per heavy atom. The summed E-state index contributed by atoms with van der Waals surface area (Å²) in [5, 5.41) is 11.2. The molecular weight excluding hydrogens is 348 g/mol. The van der Waals surface area contributed by atoms with Gasteiger partial charge in [-0.15, -0.1) is 0 Å². The van der Waals surface area contributed by atoms with Crippen LogP contribution in [0.4, 0.5) is 0 Å². The van der Waals surface area contributed by atoms with E-state index in [4.69, 9.17) is 4.74 Å². The Balaban J connectivity index is 2.27. The van der Waals surface area contributed by atoms with Crippen LogP contribution in [0.15, 0.2) is 35.5 Å². The van der Waals surface area contributed by atoms with E-state index in [1.807, 2.05) is 0 Å². The van der Waals surface area contributed by atoms with Crippen LogP contribution >= 0.6 is 0 Å². The lowest BCUT2D eigenvalue weighted by Crippen LogP contribution is -2.44. The monoisotopic (exact) mass is 388 g/mol. The van der Waals surface area contributed by atoms with E-state index in [1.54, 1.807) is 0 Å². The van der Waals surface area contributed by atoms with Crippen LogP contribution < -0.4 is 0 Å². The van der Waals surface area contributed by atoms with Crippen LogP contribution in [0.25, 0.3) is 0 Å². The van der Waals surface area contributed by atoms with Gasteiger partial charge in [-0.1, -0.05) is 50.1 Å². The lowest BCUT2D eigenvalue weighted by molar-refractivity contribution is -0.141. The number of carbonyl (C=O) groups is 1. The number of hydrogen-bond donors (Lipinski definition) is 1. The topological polar surface area (TPSA) is 46.5 Å². The number of carbonyl (C=O) groups excluding carboxylic acids is 1. The first-order valence-corrected chi connectivity index (χ1v) is 10.9. The molecule has 158 valence electrons. The summed E-state index contributed by atoms with van der Waals surface area (Å²) >= 11 is 0. The van der Waals surface area contributed by atoms with Gasteiger partial charge in [-0.3, -0.25) is 4.79 Å². The summed E-state index contributed by atoms with van der Waals surface area (Å²) in [5.41, 5.74) is 3.79. The second-order valence-electron chi connectivity index (χ2n) is 9.53. The lowest BCUT2D eigenvalue weighted by atomic mass is 9.57. The predicted molar refractivity (Wildman–Crippen MR) is 116 cm³/mol. The Labute approximate surface area is 171 Å². The Morgan fingerprint density at radius 3 is 2.50 bits per heavy atom. The van der Waals surface area contributed by atoms with Gasteiger partial charge in [0, 0.05) is 6.42 Å². The molecule has 2 fully saturated rings. The molecule has 0 spiro atoms. The van der Waals surface area contributed by atoms with Crippen molar-refractivity contribution in [2.75, 3.05) is 7.11 Å². The third kappa shape index (κ3) is 4.62. The van der Waals surface area contributed by atoms with Gasteiger partial charge in [0.1, 0.15) is 0 Å². The molecule has 1 N–H and O–H groups in total. The van der Waals surface area contributed by atoms with E-state index in [0.717, 1.165) is 37.7 Å². The molecule has 0 amide bonds. The number of methoxy groups -OCH3 is 1. The fourth-order valence-corrected chi connectivity index (χ4v) is 5.92. The van der Waals surface area contributed by atoms with Crippen molar-refractivity contribution in [2.45, 2.75) is 79.2 Å². The van der Waals surface area contributed by atoms with Gasteiger partial charge in [-0.25, -0.2) is 0 Å². The highest BCUT2D eigenvalue weighted by Gasteiger charge is 2.56. The number of hydrogen-bond acceptors (Lipinski definition) is 3. The summed E-state index contributed by atoms with van der Waals surface area (Å²) in [6.07, 6.45) is 9.53. The van der Waals surface area contributed by atoms with Crippen molar-refractivity contribution < 1.29 is 14.6 Å². The van der Waals surface area contributed by atoms with Gasteiger partial charge in [0.15, 0.2) is 0 Å². The molecule has 28 heavy (non-hydrogen) atoms. The maximum atomic E-state index is 11.6. The Bertz CT molecular complexity index is 640. The van der Waals surface area contributed by atoms with Crippen molar-refractivity contribution in [2.24, 2.45) is 29.1 Å². The first-order valence-electron chi connectivity index (χ1n) is 10.9. The maximum Gasteiger partial charge on any atom is 0.305 e. The van der Waals surface area contributed by atoms with Gasteiger partial charge in [0.05, 0.1) is 13.2 Å². The summed E-state index contributed by atoms with van der Waals surface area (Å²) in [5.74, 6) is 1.56. The van der Waals surface area contributed by atoms with Crippen molar-refractivity contribution in [1.82, 2.24) is 0 Å². The molecule has 6 atom stereocenters. The number of esters is 1. The number of fused-ring (bicyclic) bond motifs is 1. The van der Waals surface area contributed by atoms with Gasteiger partial charge in [0.25, 0.3) is 0 Å². The van der Waals surface area contributed by atoms with Crippen molar-refractivity contribution in [3.8, 4) is 0 Å². The summed E-state index contributed by atoms with van der Waals surface area (Å²) in [4.78, 5) is 11.6. The summed E-state index contributed by atoms with van der Waals surface area (Å²) < 4.78 is 4.81. The molecule has 0 aromatic heterocycles. The van der Waals surface area contributed by atoms with Gasteiger partial charge in [-0.2, -0.15) is 0 Å². The van der Waals surface area contributed by atoms with E-state index >= 15 is 0 Å². The fourth-order valence-electron chi connectivity index (χ4n) is 5.92. The number of aliphatic hydroxyl groups is 1. The highest BCUT2D eigenvalue weighted by atomic mass is 16.5. The Morgan fingerprint density at radius 1 is 1.29 bits per heavy atom. The quantitative estimate of drug-likeness (QED) is 0.440. The SMILES string of the molecule is C=C(C)/C(=C\C=C(C)C)[C@H]1CC[C@]2(C)[C@@H](O)[C@@H](CCC(=O)OC)C[C@H]2[C@@H]1CC. The summed E-state index contributed by atoms with van der Waals surface area (Å²) in [6, 6.07) is 0. The molecule has 3 nitrogen and oxygen atoms in total. The van der Waals surface area contributed by atoms with Gasteiger partial charge >= 0.3 is 5.97 Å². The minimum atomic E-state index is -0.327. The van der Waals surface area contributed by atoms with Crippen molar-refractivity contribution in [1.29, 1.82) is 0 Å². The molecule has 2 rings (SSSR count). The first-order chi connectivity index (χ1) is 13.2. The lowest BCUT2D eigenvalue weighted by Gasteiger charge is -2.48. The highest BCUT2D eigenvalue weighted by Crippen LogP contribution is 2.60. The number of allylic oxidation sites excluding steroid dienone is 5. The number of ether oxygens (including phenoxy) is 1. The molecule has 0 unspecified atom stereocenters. The highest BCUT2D eigenvalue weighted by molar-refractivity contribution is 5.69. The average molecular weight is 389 g/mol. The van der Waals surface area contributed by atoms with E-state index < -0.39 is 0 Å². The van der Waals surface area contributed by atoms with Crippen LogP contribution in [0.2, 0.25) is 0 Å². The molecular formula is C25H40O3. The Kier molecular flexibility index (Phi) is 7.73. The maximum absolute atomic E-state index is 11.6. The van der Waals surface area contributed by atoms with E-state index in [0.29, 0.717) is 24.2 Å². The molecule has 0 aromatic carbocycles. The first kappa shape index (κ1) is 22.9. The molecule has 0 saturated heterocycles. The van der Waals surface area contributed by atoms with E-state index in [-0.39, 0.29) is 23.4 Å². The summed E-state index contributed by atoms with van der Waals surface area (Å²) in [7, 11) is 1.43. The largest absolute Gasteiger partial charge is 0.469 e. The van der Waals surface area contributed by atoms with Crippen molar-refractivity contribution >= 4 is 5.97 Å². The molecule has 0 bridgehead atoms. The molecule has 2 saturated carbocycles. The zero-order valence-electron chi connectivity index (χ0n) is 18.8. The molecule has 2 aliphatic carbocycles. The van der Waals surface area contributed by atoms with E-state index in [1.165, 1.54) is 18.3 Å². The number of rotatable bonds is 7. The van der Waals surface area contributed by atoms with Crippen molar-refractivity contribution in [3.63, 3.8) is 0 Å². The summed E-state index contributed by atoms with van der Waals surface area (Å²) in [6.45, 7) is 15.2. The molecule has 0 radical (unpaired) electrons. The number of aliphatic hydroxyl groups excluding tert-OH is 1. The molecule has 0 heterocycles. The zero-order valence-corrected chi connectivity index (χ0v) is 18.8. The predicted octanol–water partition coefficient (Wildman–Crippen LogP) is 5.85. The third-order valence-corrected chi connectivity index (χ3v) is 7.46. The second-order valence-corrected chi connectivity index (χ2v) is 9.53. The Hall–Kier alpha value is -1.35. The molecule has 2 aliphatic rings. The van der Waals surface area contributed by atoms with Gasteiger partial charge in [-0.05, 0) is 81.1 Å².